The van der Waals surface area contributed by atoms with Crippen LogP contribution in [0.15, 0.2) is 42.7 Å². The molecular weight excluding hydrogens is 251 g/mol. The first-order chi connectivity index (χ1) is 9.36. The number of rotatable bonds is 3. The van der Waals surface area contributed by atoms with Crippen LogP contribution in [0.2, 0.25) is 0 Å². The lowest BCUT2D eigenvalue weighted by Gasteiger charge is -2.19. The van der Waals surface area contributed by atoms with Crippen LogP contribution in [0.1, 0.15) is 43.5 Å². The highest BCUT2D eigenvalue weighted by atomic mass is 19.1. The minimum Gasteiger partial charge on any atom is -0.324 e. The van der Waals surface area contributed by atoms with Crippen molar-refractivity contribution < 1.29 is 4.39 Å². The molecule has 1 heterocycles. The average Bonchev–Trinajstić information content (AvgIpc) is 2.38. The molecule has 106 valence electrons. The summed E-state index contributed by atoms with van der Waals surface area (Å²) in [6, 6.07) is 9.65. The molecule has 0 aliphatic carbocycles. The molecule has 0 saturated carbocycles. The second kappa shape index (κ2) is 5.71. The zero-order chi connectivity index (χ0) is 14.8. The Labute approximate surface area is 119 Å². The standard InChI is InChI=1S/C17H21FN2/c1-17(2,3)14-6-4-12(5-7-14)8-16(19)13-9-15(18)11-20-10-13/h4-7,9-11,16H,8,19H2,1-3H3. The molecule has 3 heteroatoms. The van der Waals surface area contributed by atoms with E-state index >= 15 is 0 Å². The predicted molar refractivity (Wildman–Crippen MR) is 80.0 cm³/mol. The summed E-state index contributed by atoms with van der Waals surface area (Å²) < 4.78 is 13.1. The molecule has 0 spiro atoms. The van der Waals surface area contributed by atoms with E-state index in [4.69, 9.17) is 5.73 Å². The lowest BCUT2D eigenvalue weighted by molar-refractivity contribution is 0.589. The zero-order valence-electron chi connectivity index (χ0n) is 12.2. The van der Waals surface area contributed by atoms with E-state index in [1.165, 1.54) is 17.8 Å². The quantitative estimate of drug-likeness (QED) is 0.924. The first-order valence-electron chi connectivity index (χ1n) is 6.82. The maximum Gasteiger partial charge on any atom is 0.141 e. The molecule has 0 saturated heterocycles. The van der Waals surface area contributed by atoms with Crippen LogP contribution in [0, 0.1) is 5.82 Å². The van der Waals surface area contributed by atoms with Crippen molar-refractivity contribution in [3.63, 3.8) is 0 Å². The number of halogens is 1. The fourth-order valence-corrected chi connectivity index (χ4v) is 2.14. The highest BCUT2D eigenvalue weighted by Crippen LogP contribution is 2.23. The van der Waals surface area contributed by atoms with E-state index < -0.39 is 0 Å². The summed E-state index contributed by atoms with van der Waals surface area (Å²) in [6.07, 6.45) is 3.49. The van der Waals surface area contributed by atoms with Gasteiger partial charge in [-0.05, 0) is 34.6 Å². The third kappa shape index (κ3) is 3.64. The van der Waals surface area contributed by atoms with Gasteiger partial charge in [0.2, 0.25) is 0 Å². The molecule has 1 aromatic heterocycles. The van der Waals surface area contributed by atoms with Crippen molar-refractivity contribution in [2.75, 3.05) is 0 Å². The fraction of sp³-hybridized carbons (Fsp3) is 0.353. The van der Waals surface area contributed by atoms with Gasteiger partial charge >= 0.3 is 0 Å². The van der Waals surface area contributed by atoms with Crippen LogP contribution in [-0.2, 0) is 11.8 Å². The normalized spacial score (nSPS) is 13.2. The number of hydrogen-bond donors (Lipinski definition) is 1. The Hall–Kier alpha value is -1.74. The maximum absolute atomic E-state index is 13.1. The summed E-state index contributed by atoms with van der Waals surface area (Å²) in [4.78, 5) is 3.84. The summed E-state index contributed by atoms with van der Waals surface area (Å²) in [6.45, 7) is 6.56. The van der Waals surface area contributed by atoms with Gasteiger partial charge < -0.3 is 5.73 Å². The highest BCUT2D eigenvalue weighted by Gasteiger charge is 2.14. The number of benzene rings is 1. The molecule has 0 bridgehead atoms. The second-order valence-electron chi connectivity index (χ2n) is 6.19. The van der Waals surface area contributed by atoms with Crippen LogP contribution >= 0.6 is 0 Å². The van der Waals surface area contributed by atoms with Crippen molar-refractivity contribution in [3.05, 3.63) is 65.2 Å². The molecule has 2 nitrogen and oxygen atoms in total. The lowest BCUT2D eigenvalue weighted by atomic mass is 9.86. The third-order valence-electron chi connectivity index (χ3n) is 3.43. The molecule has 0 radical (unpaired) electrons. The van der Waals surface area contributed by atoms with Gasteiger partial charge in [-0.2, -0.15) is 0 Å². The third-order valence-corrected chi connectivity index (χ3v) is 3.43. The van der Waals surface area contributed by atoms with Gasteiger partial charge in [0, 0.05) is 12.2 Å². The largest absolute Gasteiger partial charge is 0.324 e. The van der Waals surface area contributed by atoms with Gasteiger partial charge in [-0.25, -0.2) is 4.39 Å². The fourth-order valence-electron chi connectivity index (χ4n) is 2.14. The Morgan fingerprint density at radius 3 is 2.35 bits per heavy atom. The van der Waals surface area contributed by atoms with Crippen LogP contribution in [0.5, 0.6) is 0 Å². The first-order valence-corrected chi connectivity index (χ1v) is 6.82. The molecule has 2 rings (SSSR count). The van der Waals surface area contributed by atoms with E-state index in [2.05, 4.69) is 50.0 Å². The van der Waals surface area contributed by atoms with Crippen molar-refractivity contribution >= 4 is 0 Å². The van der Waals surface area contributed by atoms with Gasteiger partial charge in [-0.15, -0.1) is 0 Å². The maximum atomic E-state index is 13.1. The Morgan fingerprint density at radius 1 is 1.15 bits per heavy atom. The van der Waals surface area contributed by atoms with E-state index in [-0.39, 0.29) is 17.3 Å². The lowest BCUT2D eigenvalue weighted by Crippen LogP contribution is -2.14. The van der Waals surface area contributed by atoms with E-state index in [0.29, 0.717) is 6.42 Å². The molecular formula is C17H21FN2. The van der Waals surface area contributed by atoms with E-state index in [1.807, 2.05) is 0 Å². The predicted octanol–water partition coefficient (Wildman–Crippen LogP) is 3.76. The molecule has 0 aliphatic heterocycles. The smallest absolute Gasteiger partial charge is 0.141 e. The number of nitrogens with two attached hydrogens (primary N) is 1. The van der Waals surface area contributed by atoms with Crippen molar-refractivity contribution in [1.29, 1.82) is 0 Å². The van der Waals surface area contributed by atoms with E-state index in [0.717, 1.165) is 11.1 Å². The molecule has 20 heavy (non-hydrogen) atoms. The van der Waals surface area contributed by atoms with Crippen molar-refractivity contribution in [2.45, 2.75) is 38.6 Å². The van der Waals surface area contributed by atoms with Gasteiger partial charge in [0.05, 0.1) is 6.20 Å². The summed E-state index contributed by atoms with van der Waals surface area (Å²) >= 11 is 0. The van der Waals surface area contributed by atoms with Gasteiger partial charge in [0.1, 0.15) is 5.82 Å². The Balaban J connectivity index is 2.10. The Kier molecular flexibility index (Phi) is 4.19. The first kappa shape index (κ1) is 14.7. The van der Waals surface area contributed by atoms with Crippen LogP contribution < -0.4 is 5.73 Å². The van der Waals surface area contributed by atoms with Crippen LogP contribution in [-0.4, -0.2) is 4.98 Å². The second-order valence-corrected chi connectivity index (χ2v) is 6.19. The molecule has 1 aromatic carbocycles. The number of aromatic nitrogens is 1. The number of pyridine rings is 1. The summed E-state index contributed by atoms with van der Waals surface area (Å²) in [5.41, 5.74) is 9.43. The monoisotopic (exact) mass is 272 g/mol. The Bertz CT molecular complexity index is 570. The summed E-state index contributed by atoms with van der Waals surface area (Å²) in [7, 11) is 0. The SMILES string of the molecule is CC(C)(C)c1ccc(CC(N)c2cncc(F)c2)cc1. The molecule has 0 aliphatic rings. The molecule has 0 fully saturated rings. The van der Waals surface area contributed by atoms with E-state index in [1.54, 1.807) is 6.20 Å². The average molecular weight is 272 g/mol. The Morgan fingerprint density at radius 2 is 1.80 bits per heavy atom. The summed E-state index contributed by atoms with van der Waals surface area (Å²) in [5, 5.41) is 0. The molecule has 2 N–H and O–H groups in total. The molecule has 2 aromatic rings. The van der Waals surface area contributed by atoms with Gasteiger partial charge in [-0.1, -0.05) is 45.0 Å². The molecule has 0 amide bonds. The van der Waals surface area contributed by atoms with Gasteiger partial charge in [0.25, 0.3) is 0 Å². The zero-order valence-corrected chi connectivity index (χ0v) is 12.2. The van der Waals surface area contributed by atoms with Crippen LogP contribution in [0.3, 0.4) is 0 Å². The molecule has 1 atom stereocenters. The summed E-state index contributed by atoms with van der Waals surface area (Å²) in [5.74, 6) is -0.346. The van der Waals surface area contributed by atoms with Crippen molar-refractivity contribution in [3.8, 4) is 0 Å². The minimum absolute atomic E-state index is 0.146. The highest BCUT2D eigenvalue weighted by molar-refractivity contribution is 5.29. The topological polar surface area (TPSA) is 38.9 Å². The van der Waals surface area contributed by atoms with Gasteiger partial charge in [-0.3, -0.25) is 4.98 Å². The van der Waals surface area contributed by atoms with Crippen LogP contribution in [0.4, 0.5) is 4.39 Å². The number of nitrogens with zero attached hydrogens (tertiary/aromatic N) is 1. The van der Waals surface area contributed by atoms with Gasteiger partial charge in [0.15, 0.2) is 0 Å². The van der Waals surface area contributed by atoms with Crippen LogP contribution in [0.25, 0.3) is 0 Å². The van der Waals surface area contributed by atoms with Crippen molar-refractivity contribution in [1.82, 2.24) is 4.98 Å². The minimum atomic E-state index is -0.346. The number of hydrogen-bond acceptors (Lipinski definition) is 2. The van der Waals surface area contributed by atoms with Crippen molar-refractivity contribution in [2.24, 2.45) is 5.73 Å². The van der Waals surface area contributed by atoms with E-state index in [9.17, 15) is 4.39 Å². The molecule has 1 unspecified atom stereocenters.